The molecule has 5 fully saturated rings. The van der Waals surface area contributed by atoms with Gasteiger partial charge in [-0.1, -0.05) is 77.0 Å². The van der Waals surface area contributed by atoms with Gasteiger partial charge in [-0.25, -0.2) is 0 Å². The van der Waals surface area contributed by atoms with E-state index in [2.05, 4.69) is 55.4 Å². The minimum absolute atomic E-state index is 0.158. The SMILES string of the molecule is CCOC(C)[Si]1(C2CCCCC2)O[Si](C2CCCCC2)(C(C)OCC)O[Si](C2CCCCC2)(C(C)OCC)O[Si](C2CCCCC2)(C(C)OCC)O1. The van der Waals surface area contributed by atoms with Gasteiger partial charge in [-0.15, -0.1) is 0 Å². The molecule has 0 N–H and O–H groups in total. The molecule has 4 atom stereocenters. The molecule has 5 rings (SSSR count). The molecule has 1 saturated heterocycles. The molecule has 4 aliphatic carbocycles. The van der Waals surface area contributed by atoms with Gasteiger partial charge in [0.25, 0.3) is 0 Å². The minimum atomic E-state index is -3.30. The van der Waals surface area contributed by atoms with Gasteiger partial charge in [-0.2, -0.15) is 0 Å². The number of rotatable bonds is 16. The van der Waals surface area contributed by atoms with Crippen LogP contribution >= 0.6 is 0 Å². The molecule has 5 aliphatic rings. The van der Waals surface area contributed by atoms with Crippen molar-refractivity contribution >= 4 is 34.2 Å². The normalized spacial score (nSPS) is 36.5. The summed E-state index contributed by atoms with van der Waals surface area (Å²) in [5, 5.41) is 0. The van der Waals surface area contributed by atoms with Crippen molar-refractivity contribution < 1.29 is 35.4 Å². The molecule has 1 heterocycles. The van der Waals surface area contributed by atoms with Crippen LogP contribution in [0.5, 0.6) is 0 Å². The lowest BCUT2D eigenvalue weighted by Crippen LogP contribution is -2.82. The van der Waals surface area contributed by atoms with Crippen molar-refractivity contribution in [1.29, 1.82) is 0 Å². The van der Waals surface area contributed by atoms with Crippen LogP contribution in [-0.4, -0.2) is 83.6 Å². The summed E-state index contributed by atoms with van der Waals surface area (Å²) < 4.78 is 61.9. The molecule has 0 radical (unpaired) electrons. The standard InChI is InChI=1S/C40H80O8Si4/c1-9-41-33(5)49(37-25-17-13-18-26-37)45-50(34(6)42-10-2,38-27-19-14-20-28-38)47-52(36(8)44-12-4,40-31-23-16-24-32-40)48-51(46-49,35(7)43-11-3)39-29-21-15-22-30-39/h33-40H,9-32H2,1-8H3. The average molecular weight is 801 g/mol. The fourth-order valence-electron chi connectivity index (χ4n) is 11.2. The van der Waals surface area contributed by atoms with Gasteiger partial charge >= 0.3 is 34.2 Å². The molecular formula is C40H80O8Si4. The molecule has 0 aromatic carbocycles. The van der Waals surface area contributed by atoms with Crippen molar-refractivity contribution in [1.82, 2.24) is 0 Å². The zero-order valence-electron chi connectivity index (χ0n) is 34.9. The third-order valence-corrected chi connectivity index (χ3v) is 36.2. The Morgan fingerprint density at radius 1 is 0.346 bits per heavy atom. The molecule has 8 nitrogen and oxygen atoms in total. The van der Waals surface area contributed by atoms with Crippen LogP contribution in [0.15, 0.2) is 0 Å². The van der Waals surface area contributed by atoms with Gasteiger partial charge < -0.3 is 35.4 Å². The van der Waals surface area contributed by atoms with Gasteiger partial charge in [0, 0.05) is 48.6 Å². The van der Waals surface area contributed by atoms with Crippen LogP contribution in [0.4, 0.5) is 0 Å². The molecule has 1 aliphatic heterocycles. The fraction of sp³-hybridized carbons (Fsp3) is 1.00. The first-order valence-corrected chi connectivity index (χ1v) is 30.3. The molecule has 52 heavy (non-hydrogen) atoms. The topological polar surface area (TPSA) is 73.8 Å². The van der Waals surface area contributed by atoms with E-state index in [0.717, 1.165) is 51.4 Å². The summed E-state index contributed by atoms with van der Waals surface area (Å²) in [5.41, 5.74) is 0.634. The van der Waals surface area contributed by atoms with Crippen molar-refractivity contribution in [2.24, 2.45) is 0 Å². The highest BCUT2D eigenvalue weighted by Gasteiger charge is 2.74. The Morgan fingerprint density at radius 2 is 0.519 bits per heavy atom. The van der Waals surface area contributed by atoms with E-state index < -0.39 is 34.2 Å². The van der Waals surface area contributed by atoms with E-state index in [1.807, 2.05) is 0 Å². The lowest BCUT2D eigenvalue weighted by Gasteiger charge is -2.62. The monoisotopic (exact) mass is 800 g/mol. The van der Waals surface area contributed by atoms with Gasteiger partial charge in [-0.3, -0.25) is 0 Å². The van der Waals surface area contributed by atoms with Crippen molar-refractivity contribution in [3.63, 3.8) is 0 Å². The Morgan fingerprint density at radius 3 is 0.673 bits per heavy atom. The Hall–Kier alpha value is 0.548. The van der Waals surface area contributed by atoms with Crippen molar-refractivity contribution in [2.45, 2.75) is 229 Å². The van der Waals surface area contributed by atoms with E-state index in [-0.39, 0.29) is 22.9 Å². The van der Waals surface area contributed by atoms with Crippen molar-refractivity contribution in [2.75, 3.05) is 26.4 Å². The summed E-state index contributed by atoms with van der Waals surface area (Å²) in [6, 6.07) is 0. The Kier molecular flexibility index (Phi) is 17.0. The second-order valence-corrected chi connectivity index (χ2v) is 32.6. The first-order valence-electron chi connectivity index (χ1n) is 22.4. The van der Waals surface area contributed by atoms with Gasteiger partial charge in [0.05, 0.1) is 22.9 Å². The summed E-state index contributed by atoms with van der Waals surface area (Å²) in [6.07, 6.45) is 23.8. The molecular weight excluding hydrogens is 721 g/mol. The smallest absolute Gasteiger partial charge is 0.353 e. The second kappa shape index (κ2) is 20.3. The van der Waals surface area contributed by atoms with Crippen LogP contribution in [0, 0.1) is 0 Å². The first-order chi connectivity index (χ1) is 25.2. The highest BCUT2D eigenvalue weighted by Crippen LogP contribution is 2.57. The fourth-order valence-corrected chi connectivity index (χ4v) is 41.1. The molecule has 0 aromatic rings. The van der Waals surface area contributed by atoms with E-state index >= 15 is 0 Å². The predicted molar refractivity (Wildman–Crippen MR) is 219 cm³/mol. The summed E-state index contributed by atoms with van der Waals surface area (Å²) in [4.78, 5) is 0. The van der Waals surface area contributed by atoms with Gasteiger partial charge in [0.1, 0.15) is 0 Å². The molecule has 0 aromatic heterocycles. The maximum atomic E-state index is 8.58. The first kappa shape index (κ1) is 43.7. The van der Waals surface area contributed by atoms with Crippen molar-refractivity contribution in [3.8, 4) is 0 Å². The van der Waals surface area contributed by atoms with E-state index in [1.165, 1.54) is 77.0 Å². The highest BCUT2D eigenvalue weighted by atomic mass is 28.5. The Bertz CT molecular complexity index is 863. The van der Waals surface area contributed by atoms with Crippen LogP contribution < -0.4 is 0 Å². The van der Waals surface area contributed by atoms with E-state index in [0.29, 0.717) is 48.6 Å². The largest absolute Gasteiger partial charge is 0.412 e. The summed E-state index contributed by atoms with van der Waals surface area (Å²) in [7, 11) is -13.2. The van der Waals surface area contributed by atoms with E-state index in [4.69, 9.17) is 35.4 Å². The molecule has 4 saturated carbocycles. The summed E-state index contributed by atoms with van der Waals surface area (Å²) in [5.74, 6) is 0. The van der Waals surface area contributed by atoms with Crippen LogP contribution in [-0.2, 0) is 35.4 Å². The molecule has 4 unspecified atom stereocenters. The number of ether oxygens (including phenoxy) is 4. The van der Waals surface area contributed by atoms with Gasteiger partial charge in [0.2, 0.25) is 0 Å². The van der Waals surface area contributed by atoms with Crippen LogP contribution in [0.1, 0.15) is 184 Å². The van der Waals surface area contributed by atoms with E-state index in [9.17, 15) is 0 Å². The third-order valence-electron chi connectivity index (χ3n) is 13.9. The number of hydrogen-bond donors (Lipinski definition) is 0. The lowest BCUT2D eigenvalue weighted by atomic mass is 10.0. The molecule has 12 heteroatoms. The van der Waals surface area contributed by atoms with Gasteiger partial charge in [0.15, 0.2) is 0 Å². The average Bonchev–Trinajstić information content (AvgIpc) is 3.17. The number of hydrogen-bond acceptors (Lipinski definition) is 8. The quantitative estimate of drug-likeness (QED) is 0.143. The summed E-state index contributed by atoms with van der Waals surface area (Å²) in [6.45, 7) is 20.3. The van der Waals surface area contributed by atoms with Crippen LogP contribution in [0.2, 0.25) is 22.2 Å². The summed E-state index contributed by atoms with van der Waals surface area (Å²) >= 11 is 0. The maximum absolute atomic E-state index is 8.58. The predicted octanol–water partition coefficient (Wildman–Crippen LogP) is 11.0. The lowest BCUT2D eigenvalue weighted by molar-refractivity contribution is 0.0208. The molecule has 0 amide bonds. The van der Waals surface area contributed by atoms with E-state index in [1.54, 1.807) is 0 Å². The molecule has 0 spiro atoms. The zero-order chi connectivity index (χ0) is 37.2. The Balaban J connectivity index is 1.87. The minimum Gasteiger partial charge on any atom is -0.412 e. The third kappa shape index (κ3) is 9.14. The van der Waals surface area contributed by atoms with Gasteiger partial charge in [-0.05, 0) is 107 Å². The Labute approximate surface area is 323 Å². The van der Waals surface area contributed by atoms with Crippen LogP contribution in [0.3, 0.4) is 0 Å². The second-order valence-electron chi connectivity index (χ2n) is 17.0. The molecule has 0 bridgehead atoms. The van der Waals surface area contributed by atoms with Crippen LogP contribution in [0.25, 0.3) is 0 Å². The maximum Gasteiger partial charge on any atom is 0.353 e. The zero-order valence-corrected chi connectivity index (χ0v) is 38.9. The molecule has 304 valence electrons. The highest BCUT2D eigenvalue weighted by molar-refractivity contribution is 6.97. The van der Waals surface area contributed by atoms with Crippen molar-refractivity contribution in [3.05, 3.63) is 0 Å².